The van der Waals surface area contributed by atoms with E-state index in [4.69, 9.17) is 9.47 Å². The van der Waals surface area contributed by atoms with Crippen LogP contribution in [0.2, 0.25) is 0 Å². The zero-order valence-corrected chi connectivity index (χ0v) is 8.53. The van der Waals surface area contributed by atoms with Crippen LogP contribution in [0.15, 0.2) is 17.0 Å². The van der Waals surface area contributed by atoms with E-state index in [1.54, 1.807) is 12.4 Å². The zero-order valence-electron chi connectivity index (χ0n) is 6.94. The van der Waals surface area contributed by atoms with Gasteiger partial charge in [-0.3, -0.25) is 4.98 Å². The number of ether oxygens (including phenoxy) is 2. The predicted octanol–water partition coefficient (Wildman–Crippen LogP) is 1.41. The van der Waals surface area contributed by atoms with Crippen molar-refractivity contribution in [3.05, 3.63) is 17.0 Å². The highest BCUT2D eigenvalue weighted by Crippen LogP contribution is 2.14. The molecule has 0 spiro atoms. The van der Waals surface area contributed by atoms with Crippen molar-refractivity contribution in [2.75, 3.05) is 13.2 Å². The lowest BCUT2D eigenvalue weighted by molar-refractivity contribution is -0.0727. The van der Waals surface area contributed by atoms with Crippen molar-refractivity contribution in [1.29, 1.82) is 0 Å². The molecule has 1 aromatic rings. The molecule has 1 aliphatic heterocycles. The average Bonchev–Trinajstić information content (AvgIpc) is 2.01. The standard InChI is InChI=1S/C8H9BrN2O2/c9-7-3-10-4-8(11-7)13-5-6-1-2-12-6/h3-4,6H,1-2,5H2. The number of rotatable bonds is 3. The van der Waals surface area contributed by atoms with Gasteiger partial charge in [0.15, 0.2) is 0 Å². The van der Waals surface area contributed by atoms with Gasteiger partial charge in [0, 0.05) is 13.0 Å². The first kappa shape index (κ1) is 8.90. The Morgan fingerprint density at radius 1 is 1.62 bits per heavy atom. The lowest BCUT2D eigenvalue weighted by atomic mass is 10.2. The first-order valence-corrected chi connectivity index (χ1v) is 4.86. The van der Waals surface area contributed by atoms with Gasteiger partial charge in [0.2, 0.25) is 5.88 Å². The molecule has 1 aromatic heterocycles. The summed E-state index contributed by atoms with van der Waals surface area (Å²) in [5.41, 5.74) is 0. The Bertz CT molecular complexity index is 291. The lowest BCUT2D eigenvalue weighted by Crippen LogP contribution is -2.32. The topological polar surface area (TPSA) is 44.2 Å². The second-order valence-electron chi connectivity index (χ2n) is 2.77. The maximum absolute atomic E-state index is 5.36. The van der Waals surface area contributed by atoms with Crippen molar-refractivity contribution in [3.63, 3.8) is 0 Å². The Morgan fingerprint density at radius 3 is 3.08 bits per heavy atom. The highest BCUT2D eigenvalue weighted by molar-refractivity contribution is 9.10. The smallest absolute Gasteiger partial charge is 0.233 e. The Kier molecular flexibility index (Phi) is 2.75. The number of nitrogens with zero attached hydrogens (tertiary/aromatic N) is 2. The minimum absolute atomic E-state index is 0.237. The highest BCUT2D eigenvalue weighted by Gasteiger charge is 2.18. The average molecular weight is 245 g/mol. The van der Waals surface area contributed by atoms with Gasteiger partial charge in [0.1, 0.15) is 11.2 Å². The number of halogens is 1. The lowest BCUT2D eigenvalue weighted by Gasteiger charge is -2.25. The molecule has 0 aromatic carbocycles. The van der Waals surface area contributed by atoms with Gasteiger partial charge in [-0.2, -0.15) is 0 Å². The number of hydrogen-bond donors (Lipinski definition) is 0. The van der Waals surface area contributed by atoms with Crippen LogP contribution in [0.5, 0.6) is 5.88 Å². The van der Waals surface area contributed by atoms with Crippen LogP contribution in [0, 0.1) is 0 Å². The van der Waals surface area contributed by atoms with Gasteiger partial charge in [-0.15, -0.1) is 0 Å². The molecule has 1 saturated heterocycles. The van der Waals surface area contributed by atoms with E-state index in [1.165, 1.54) is 0 Å². The van der Waals surface area contributed by atoms with E-state index in [1.807, 2.05) is 0 Å². The van der Waals surface area contributed by atoms with E-state index in [2.05, 4.69) is 25.9 Å². The van der Waals surface area contributed by atoms with Crippen molar-refractivity contribution < 1.29 is 9.47 Å². The summed E-state index contributed by atoms with van der Waals surface area (Å²) in [7, 11) is 0. The van der Waals surface area contributed by atoms with Gasteiger partial charge >= 0.3 is 0 Å². The molecule has 0 N–H and O–H groups in total. The van der Waals surface area contributed by atoms with Crippen LogP contribution in [0.25, 0.3) is 0 Å². The van der Waals surface area contributed by atoms with Crippen LogP contribution < -0.4 is 4.74 Å². The maximum atomic E-state index is 5.36. The molecule has 2 heterocycles. The third kappa shape index (κ3) is 2.38. The summed E-state index contributed by atoms with van der Waals surface area (Å²) in [5.74, 6) is 0.532. The molecule has 70 valence electrons. The van der Waals surface area contributed by atoms with Crippen molar-refractivity contribution >= 4 is 15.9 Å². The largest absolute Gasteiger partial charge is 0.474 e. The van der Waals surface area contributed by atoms with Crippen molar-refractivity contribution in [2.45, 2.75) is 12.5 Å². The summed E-state index contributed by atoms with van der Waals surface area (Å²) in [5, 5.41) is 0. The fourth-order valence-electron chi connectivity index (χ4n) is 0.989. The molecule has 5 heteroatoms. The fraction of sp³-hybridized carbons (Fsp3) is 0.500. The summed E-state index contributed by atoms with van der Waals surface area (Å²) >= 11 is 3.22. The normalized spacial score (nSPS) is 20.8. The van der Waals surface area contributed by atoms with Crippen LogP contribution in [-0.2, 0) is 4.74 Å². The first-order chi connectivity index (χ1) is 6.34. The van der Waals surface area contributed by atoms with Gasteiger partial charge in [-0.05, 0) is 15.9 Å². The SMILES string of the molecule is Brc1cncc(OCC2CCO2)n1. The van der Waals surface area contributed by atoms with Crippen LogP contribution in [0.1, 0.15) is 6.42 Å². The van der Waals surface area contributed by atoms with Crippen LogP contribution in [-0.4, -0.2) is 29.3 Å². The summed E-state index contributed by atoms with van der Waals surface area (Å²) in [6.45, 7) is 1.41. The van der Waals surface area contributed by atoms with E-state index < -0.39 is 0 Å². The van der Waals surface area contributed by atoms with Gasteiger partial charge in [0.05, 0.1) is 18.5 Å². The first-order valence-electron chi connectivity index (χ1n) is 4.06. The molecule has 13 heavy (non-hydrogen) atoms. The number of aromatic nitrogens is 2. The van der Waals surface area contributed by atoms with E-state index in [9.17, 15) is 0 Å². The van der Waals surface area contributed by atoms with Crippen molar-refractivity contribution in [2.24, 2.45) is 0 Å². The van der Waals surface area contributed by atoms with E-state index in [0.29, 0.717) is 17.1 Å². The van der Waals surface area contributed by atoms with Crippen molar-refractivity contribution in [3.8, 4) is 5.88 Å². The molecule has 0 radical (unpaired) electrons. The highest BCUT2D eigenvalue weighted by atomic mass is 79.9. The summed E-state index contributed by atoms with van der Waals surface area (Å²) < 4.78 is 11.2. The molecule has 0 bridgehead atoms. The van der Waals surface area contributed by atoms with Crippen molar-refractivity contribution in [1.82, 2.24) is 9.97 Å². The fourth-order valence-corrected chi connectivity index (χ4v) is 1.28. The van der Waals surface area contributed by atoms with Crippen LogP contribution >= 0.6 is 15.9 Å². The summed E-state index contributed by atoms with van der Waals surface area (Å²) in [4.78, 5) is 8.01. The van der Waals surface area contributed by atoms with Gasteiger partial charge < -0.3 is 9.47 Å². The van der Waals surface area contributed by atoms with Gasteiger partial charge in [-0.1, -0.05) is 0 Å². The summed E-state index contributed by atoms with van der Waals surface area (Å²) in [6, 6.07) is 0. The Balaban J connectivity index is 1.86. The van der Waals surface area contributed by atoms with E-state index in [0.717, 1.165) is 13.0 Å². The molecule has 1 atom stereocenters. The quantitative estimate of drug-likeness (QED) is 0.807. The molecule has 0 aliphatic carbocycles. The molecule has 1 unspecified atom stereocenters. The minimum Gasteiger partial charge on any atom is -0.474 e. The Labute approximate surface area is 84.4 Å². The monoisotopic (exact) mass is 244 g/mol. The Hall–Kier alpha value is -0.680. The van der Waals surface area contributed by atoms with Crippen LogP contribution in [0.4, 0.5) is 0 Å². The van der Waals surface area contributed by atoms with E-state index >= 15 is 0 Å². The molecule has 2 rings (SSSR count). The molecule has 0 saturated carbocycles. The molecule has 1 aliphatic rings. The maximum Gasteiger partial charge on any atom is 0.233 e. The second kappa shape index (κ2) is 4.02. The van der Waals surface area contributed by atoms with Gasteiger partial charge in [0.25, 0.3) is 0 Å². The molecule has 1 fully saturated rings. The predicted molar refractivity (Wildman–Crippen MR) is 49.6 cm³/mol. The van der Waals surface area contributed by atoms with Crippen LogP contribution in [0.3, 0.4) is 0 Å². The number of hydrogen-bond acceptors (Lipinski definition) is 4. The molecular weight excluding hydrogens is 236 g/mol. The zero-order chi connectivity index (χ0) is 9.10. The second-order valence-corrected chi connectivity index (χ2v) is 3.58. The third-order valence-corrected chi connectivity index (χ3v) is 2.18. The Morgan fingerprint density at radius 2 is 2.46 bits per heavy atom. The van der Waals surface area contributed by atoms with E-state index in [-0.39, 0.29) is 6.10 Å². The minimum atomic E-state index is 0.237. The molecular formula is C8H9BrN2O2. The third-order valence-electron chi connectivity index (χ3n) is 1.79. The summed E-state index contributed by atoms with van der Waals surface area (Å²) in [6.07, 6.45) is 4.51. The molecule has 0 amide bonds. The molecule has 4 nitrogen and oxygen atoms in total. The van der Waals surface area contributed by atoms with Gasteiger partial charge in [-0.25, -0.2) is 4.98 Å².